The number of halogens is 1. The molecule has 4 rings (SSSR count). The van der Waals surface area contributed by atoms with Crippen molar-refractivity contribution in [3.05, 3.63) is 53.1 Å². The molecule has 27 heavy (non-hydrogen) atoms. The Morgan fingerprint density at radius 1 is 1.44 bits per heavy atom. The number of benzene rings is 1. The highest BCUT2D eigenvalue weighted by Crippen LogP contribution is 2.42. The topological polar surface area (TPSA) is 74.2 Å². The third-order valence-corrected chi connectivity index (χ3v) is 4.90. The van der Waals surface area contributed by atoms with Gasteiger partial charge in [-0.25, -0.2) is 19.4 Å². The minimum absolute atomic E-state index is 0.0918. The van der Waals surface area contributed by atoms with Gasteiger partial charge in [-0.1, -0.05) is 0 Å². The zero-order chi connectivity index (χ0) is 19.1. The molecule has 7 heteroatoms. The highest BCUT2D eigenvalue weighted by molar-refractivity contribution is 5.97. The van der Waals surface area contributed by atoms with Crippen LogP contribution in [0.1, 0.15) is 46.3 Å². The maximum Gasteiger partial charge on any atom is 0.346 e. The molecule has 0 N–H and O–H groups in total. The average molecular weight is 364 g/mol. The van der Waals surface area contributed by atoms with Crippen LogP contribution in [-0.2, 0) is 7.05 Å². The number of nitrogens with zero attached hydrogens (tertiary/aromatic N) is 5. The summed E-state index contributed by atoms with van der Waals surface area (Å²) in [5.41, 5.74) is 2.82. The van der Waals surface area contributed by atoms with E-state index >= 15 is 0 Å². The third kappa shape index (κ3) is 3.31. The fourth-order valence-corrected chi connectivity index (χ4v) is 3.16. The molecule has 0 spiro atoms. The number of hydrogen-bond acceptors (Lipinski definition) is 3. The number of carbonyl (C=O) groups excluding carboxylic acids is 1. The van der Waals surface area contributed by atoms with Gasteiger partial charge in [0.25, 0.3) is 5.69 Å². The number of carbonyl (C=O) groups is 1. The summed E-state index contributed by atoms with van der Waals surface area (Å²) < 4.78 is 15.8. The summed E-state index contributed by atoms with van der Waals surface area (Å²) in [5, 5.41) is 0. The Labute approximate surface area is 156 Å². The monoisotopic (exact) mass is 364 g/mol. The van der Waals surface area contributed by atoms with Gasteiger partial charge in [0.15, 0.2) is 0 Å². The number of imidazole rings is 1. The van der Waals surface area contributed by atoms with Crippen molar-refractivity contribution in [2.75, 3.05) is 0 Å². The summed E-state index contributed by atoms with van der Waals surface area (Å²) in [5.74, 6) is 0.336. The lowest BCUT2D eigenvalue weighted by Gasteiger charge is -2.10. The zero-order valence-electron chi connectivity index (χ0n) is 15.4. The predicted molar refractivity (Wildman–Crippen MR) is 97.1 cm³/mol. The van der Waals surface area contributed by atoms with Crippen LogP contribution in [0.4, 0.5) is 4.39 Å². The number of aromatic nitrogens is 4. The number of fused-ring (bicyclic) bond motifs is 1. The first-order chi connectivity index (χ1) is 12.9. The number of aryl methyl sites for hydroxylation is 3. The van der Waals surface area contributed by atoms with Crippen molar-refractivity contribution in [3.63, 3.8) is 0 Å². The first kappa shape index (κ1) is 17.3. The van der Waals surface area contributed by atoms with Gasteiger partial charge in [0.1, 0.15) is 17.8 Å². The van der Waals surface area contributed by atoms with E-state index in [-0.39, 0.29) is 17.4 Å². The van der Waals surface area contributed by atoms with E-state index in [1.54, 1.807) is 26.1 Å². The molecule has 1 atom stereocenters. The van der Waals surface area contributed by atoms with Crippen LogP contribution < -0.4 is 4.98 Å². The Hall–Kier alpha value is -3.14. The maximum absolute atomic E-state index is 14.0. The van der Waals surface area contributed by atoms with Crippen LogP contribution in [-0.4, -0.2) is 26.7 Å². The molecule has 2 heterocycles. The molecule has 1 fully saturated rings. The van der Waals surface area contributed by atoms with Gasteiger partial charge in [-0.05, 0) is 42.3 Å². The van der Waals surface area contributed by atoms with Crippen LogP contribution in [0.3, 0.4) is 0 Å². The fraction of sp³-hybridized carbons (Fsp3) is 0.350. The van der Waals surface area contributed by atoms with E-state index in [1.807, 2.05) is 11.6 Å². The van der Waals surface area contributed by atoms with E-state index < -0.39 is 5.91 Å². The molecule has 1 amide bonds. The van der Waals surface area contributed by atoms with Crippen molar-refractivity contribution >= 4 is 23.2 Å². The molecule has 0 radical (unpaired) electrons. The lowest BCUT2D eigenvalue weighted by molar-refractivity contribution is -0.305. The van der Waals surface area contributed by atoms with Crippen LogP contribution >= 0.6 is 0 Å². The van der Waals surface area contributed by atoms with Gasteiger partial charge >= 0.3 is 17.8 Å². The second-order valence-electron chi connectivity index (χ2n) is 7.04. The SMILES string of the molecule is Cc1cnc(C(=O)N=CC(c2nc3cc(C)c(F)cc3n2C)C2CC2)c#[n+]1. The molecule has 6 nitrogen and oxygen atoms in total. The van der Waals surface area contributed by atoms with Gasteiger partial charge in [0.05, 0.1) is 17.0 Å². The van der Waals surface area contributed by atoms with Gasteiger partial charge in [-0.15, -0.1) is 0 Å². The molecule has 0 aliphatic heterocycles. The first-order valence-corrected chi connectivity index (χ1v) is 8.86. The van der Waals surface area contributed by atoms with Crippen LogP contribution in [0, 0.1) is 31.8 Å². The minimum atomic E-state index is -0.478. The Morgan fingerprint density at radius 2 is 2.22 bits per heavy atom. The lowest BCUT2D eigenvalue weighted by Crippen LogP contribution is -2.12. The Kier molecular flexibility index (Phi) is 4.19. The van der Waals surface area contributed by atoms with Crippen LogP contribution in [0.25, 0.3) is 11.0 Å². The summed E-state index contributed by atoms with van der Waals surface area (Å²) in [6.45, 7) is 3.50. The summed E-state index contributed by atoms with van der Waals surface area (Å²) in [4.78, 5) is 29.0. The Balaban J connectivity index is 1.67. The molecule has 2 aromatic heterocycles. The number of aliphatic imine (C=N–C) groups is 1. The Morgan fingerprint density at radius 3 is 2.89 bits per heavy atom. The van der Waals surface area contributed by atoms with Crippen molar-refractivity contribution in [1.82, 2.24) is 14.5 Å². The molecule has 3 aromatic rings. The molecule has 1 unspecified atom stereocenters. The van der Waals surface area contributed by atoms with E-state index in [0.29, 0.717) is 17.2 Å². The summed E-state index contributed by atoms with van der Waals surface area (Å²) >= 11 is 0. The quantitative estimate of drug-likeness (QED) is 0.667. The molecule has 0 bridgehead atoms. The molecular weight excluding hydrogens is 345 g/mol. The van der Waals surface area contributed by atoms with E-state index in [2.05, 4.69) is 21.2 Å². The van der Waals surface area contributed by atoms with Gasteiger partial charge in [-0.3, -0.25) is 4.79 Å². The average Bonchev–Trinajstić information content (AvgIpc) is 3.43. The minimum Gasteiger partial charge on any atom is -0.330 e. The van der Waals surface area contributed by atoms with Gasteiger partial charge in [0, 0.05) is 26.3 Å². The fourth-order valence-electron chi connectivity index (χ4n) is 3.16. The summed E-state index contributed by atoms with van der Waals surface area (Å²) in [7, 11) is 1.86. The van der Waals surface area contributed by atoms with Gasteiger partial charge in [-0.2, -0.15) is 0 Å². The van der Waals surface area contributed by atoms with Crippen molar-refractivity contribution < 1.29 is 14.2 Å². The lowest BCUT2D eigenvalue weighted by atomic mass is 10.0. The smallest absolute Gasteiger partial charge is 0.330 e. The predicted octanol–water partition coefficient (Wildman–Crippen LogP) is 2.53. The van der Waals surface area contributed by atoms with Gasteiger partial charge in [0.2, 0.25) is 0 Å². The molecule has 0 saturated heterocycles. The normalized spacial score (nSPS) is 15.3. The highest BCUT2D eigenvalue weighted by Gasteiger charge is 2.34. The van der Waals surface area contributed by atoms with Crippen molar-refractivity contribution in [2.24, 2.45) is 18.0 Å². The summed E-state index contributed by atoms with van der Waals surface area (Å²) in [6, 6.07) is 3.25. The van der Waals surface area contributed by atoms with Crippen LogP contribution in [0.5, 0.6) is 0 Å². The highest BCUT2D eigenvalue weighted by atomic mass is 19.1. The molecule has 1 aromatic carbocycles. The van der Waals surface area contributed by atoms with Crippen LogP contribution in [0.15, 0.2) is 23.3 Å². The number of rotatable bonds is 4. The maximum atomic E-state index is 14.0. The molecule has 136 valence electrons. The van der Waals surface area contributed by atoms with Crippen molar-refractivity contribution in [1.29, 1.82) is 0 Å². The second-order valence-corrected chi connectivity index (χ2v) is 7.04. The van der Waals surface area contributed by atoms with Crippen LogP contribution in [0.2, 0.25) is 0 Å². The van der Waals surface area contributed by atoms with E-state index in [4.69, 9.17) is 4.98 Å². The Bertz CT molecular complexity index is 1050. The number of hydrogen-bond donors (Lipinski definition) is 0. The molecule has 1 aliphatic carbocycles. The third-order valence-electron chi connectivity index (χ3n) is 4.90. The summed E-state index contributed by atoms with van der Waals surface area (Å²) in [6.07, 6.45) is 7.86. The molecular formula is C20H19FN5O+. The standard InChI is InChI=1S/C20H19FN5O/c1-11-6-16-18(7-15(11)21)26(3)19(25-16)14(13-4-5-13)9-24-20(27)17-10-22-12(2)8-23-17/h6-9,13-14H,4-5H2,1-3H3/q+1. The van der Waals surface area contributed by atoms with Gasteiger partial charge < -0.3 is 4.57 Å². The zero-order valence-corrected chi connectivity index (χ0v) is 15.4. The molecule has 1 aliphatic rings. The van der Waals surface area contributed by atoms with E-state index in [0.717, 1.165) is 29.7 Å². The first-order valence-electron chi connectivity index (χ1n) is 8.86. The molecule has 1 saturated carbocycles. The van der Waals surface area contributed by atoms with Crippen molar-refractivity contribution in [3.8, 4) is 0 Å². The number of amides is 1. The van der Waals surface area contributed by atoms with E-state index in [9.17, 15) is 9.18 Å². The van der Waals surface area contributed by atoms with Crippen molar-refractivity contribution in [2.45, 2.75) is 32.6 Å². The second kappa shape index (κ2) is 6.54. The van der Waals surface area contributed by atoms with E-state index in [1.165, 1.54) is 12.3 Å². The largest absolute Gasteiger partial charge is 0.346 e.